The largest absolute Gasteiger partial charge is 0.492 e. The highest BCUT2D eigenvalue weighted by molar-refractivity contribution is 5.95. The molecule has 12 nitrogen and oxygen atoms in total. The van der Waals surface area contributed by atoms with E-state index in [0.717, 1.165) is 0 Å². The molecule has 2 aromatic rings. The number of carbonyl (C=O) groups excluding carboxylic acids is 1. The third-order valence-electron chi connectivity index (χ3n) is 3.67. The highest BCUT2D eigenvalue weighted by atomic mass is 19.4. The fourth-order valence-corrected chi connectivity index (χ4v) is 2.03. The van der Waals surface area contributed by atoms with E-state index < -0.39 is 24.3 Å². The van der Waals surface area contributed by atoms with Crippen LogP contribution in [0.3, 0.4) is 0 Å². The van der Waals surface area contributed by atoms with E-state index >= 15 is 0 Å². The molecule has 1 amide bonds. The van der Waals surface area contributed by atoms with Crippen LogP contribution in [-0.4, -0.2) is 65.4 Å². The highest BCUT2D eigenvalue weighted by Crippen LogP contribution is 2.15. The Kier molecular flexibility index (Phi) is 13.3. The maximum atomic E-state index is 12.0. The molecule has 18 heteroatoms. The van der Waals surface area contributed by atoms with Crippen LogP contribution in [-0.2, 0) is 9.59 Å². The van der Waals surface area contributed by atoms with Crippen molar-refractivity contribution in [3.63, 3.8) is 0 Å². The molecular weight excluding hydrogens is 546 g/mol. The van der Waals surface area contributed by atoms with Gasteiger partial charge in [0.1, 0.15) is 18.2 Å². The topological polar surface area (TPSA) is 227 Å². The summed E-state index contributed by atoms with van der Waals surface area (Å²) >= 11 is 0. The molecular formula is C21H22F6N6O6. The number of ether oxygens (including phenoxy) is 1. The van der Waals surface area contributed by atoms with Gasteiger partial charge in [0.15, 0.2) is 5.96 Å². The zero-order chi connectivity index (χ0) is 30.4. The van der Waals surface area contributed by atoms with Crippen LogP contribution in [0.25, 0.3) is 0 Å². The zero-order valence-corrected chi connectivity index (χ0v) is 19.5. The van der Waals surface area contributed by atoms with Crippen LogP contribution in [0, 0.1) is 5.41 Å². The second kappa shape index (κ2) is 15.3. The molecule has 214 valence electrons. The van der Waals surface area contributed by atoms with Crippen molar-refractivity contribution in [2.45, 2.75) is 12.4 Å². The van der Waals surface area contributed by atoms with Crippen LogP contribution in [0.1, 0.15) is 15.9 Å². The Bertz CT molecular complexity index is 1140. The molecule has 0 aromatic heterocycles. The number of nitrogens with one attached hydrogen (secondary N) is 2. The van der Waals surface area contributed by atoms with Gasteiger partial charge in [0.2, 0.25) is 0 Å². The van der Waals surface area contributed by atoms with E-state index in [1.54, 1.807) is 48.5 Å². The van der Waals surface area contributed by atoms with Crippen molar-refractivity contribution in [1.29, 1.82) is 5.41 Å². The number of hydrogen-bond donors (Lipinski definition) is 7. The van der Waals surface area contributed by atoms with Gasteiger partial charge in [-0.3, -0.25) is 10.2 Å². The Balaban J connectivity index is 0.000000848. The van der Waals surface area contributed by atoms with Gasteiger partial charge < -0.3 is 37.5 Å². The molecule has 10 N–H and O–H groups in total. The van der Waals surface area contributed by atoms with Gasteiger partial charge in [0.25, 0.3) is 5.91 Å². The van der Waals surface area contributed by atoms with Gasteiger partial charge in [-0.1, -0.05) is 12.1 Å². The number of amides is 1. The lowest BCUT2D eigenvalue weighted by Gasteiger charge is -2.09. The van der Waals surface area contributed by atoms with Gasteiger partial charge in [0.05, 0.1) is 12.2 Å². The van der Waals surface area contributed by atoms with Crippen molar-refractivity contribution in [2.75, 3.05) is 13.2 Å². The Morgan fingerprint density at radius 2 is 1.36 bits per heavy atom. The van der Waals surface area contributed by atoms with Crippen LogP contribution < -0.4 is 27.3 Å². The minimum Gasteiger partial charge on any atom is -0.492 e. The highest BCUT2D eigenvalue weighted by Gasteiger charge is 2.38. The predicted molar refractivity (Wildman–Crippen MR) is 125 cm³/mol. The Morgan fingerprint density at radius 3 is 1.77 bits per heavy atom. The smallest absolute Gasteiger partial charge is 0.490 e. The number of nitrogen functional groups attached to an aromatic ring is 1. The quantitative estimate of drug-likeness (QED) is 0.112. The molecule has 0 saturated heterocycles. The lowest BCUT2D eigenvalue weighted by Crippen LogP contribution is -2.28. The first kappa shape index (κ1) is 34.0. The fourth-order valence-electron chi connectivity index (χ4n) is 2.03. The van der Waals surface area contributed by atoms with E-state index in [9.17, 15) is 31.1 Å². The van der Waals surface area contributed by atoms with E-state index in [1.807, 2.05) is 0 Å². The second-order valence-electron chi connectivity index (χ2n) is 6.74. The third kappa shape index (κ3) is 15.0. The molecule has 0 heterocycles. The summed E-state index contributed by atoms with van der Waals surface area (Å²) in [5, 5.41) is 24.4. The van der Waals surface area contributed by atoms with Gasteiger partial charge in [-0.25, -0.2) is 14.6 Å². The van der Waals surface area contributed by atoms with E-state index in [1.165, 1.54) is 0 Å². The Hall–Kier alpha value is -5.03. The summed E-state index contributed by atoms with van der Waals surface area (Å²) in [5.41, 5.74) is 17.7. The minimum absolute atomic E-state index is 0.0251. The van der Waals surface area contributed by atoms with Crippen molar-refractivity contribution in [2.24, 2.45) is 22.2 Å². The number of hydrogen-bond acceptors (Lipinski definition) is 6. The van der Waals surface area contributed by atoms with Crippen molar-refractivity contribution >= 4 is 35.3 Å². The first-order valence-electron chi connectivity index (χ1n) is 10.00. The maximum Gasteiger partial charge on any atom is 0.490 e. The van der Waals surface area contributed by atoms with Crippen LogP contribution in [0.15, 0.2) is 53.5 Å². The summed E-state index contributed by atoms with van der Waals surface area (Å²) in [4.78, 5) is 33.7. The van der Waals surface area contributed by atoms with Gasteiger partial charge in [-0.15, -0.1) is 0 Å². The average Bonchev–Trinajstić information content (AvgIpc) is 2.81. The molecule has 0 unspecified atom stereocenters. The lowest BCUT2D eigenvalue weighted by atomic mass is 10.2. The van der Waals surface area contributed by atoms with Crippen LogP contribution in [0.4, 0.5) is 32.0 Å². The fraction of sp³-hybridized carbons (Fsp3) is 0.190. The molecule has 0 aliphatic heterocycles. The number of alkyl halides is 6. The summed E-state index contributed by atoms with van der Waals surface area (Å²) in [5.74, 6) is -5.22. The molecule has 0 spiro atoms. The molecule has 0 aliphatic carbocycles. The van der Waals surface area contributed by atoms with E-state index in [4.69, 9.17) is 47.1 Å². The summed E-state index contributed by atoms with van der Waals surface area (Å²) in [6.07, 6.45) is -10.2. The van der Waals surface area contributed by atoms with Gasteiger partial charge in [-0.2, -0.15) is 26.3 Å². The number of aliphatic imine (C=N–C) groups is 1. The normalized spacial score (nSPS) is 10.4. The standard InChI is InChI=1S/C17H20N6O2.2C2HF3O2/c18-15(19)12-2-1-3-14(10-12)25-9-8-22-16(24)11-4-6-13(7-5-11)23-17(20)21;2*3-2(4,5)1(6)7/h1-7,10H,8-9H2,(H3,18,19)(H,22,24)(H4,20,21,23);2*(H,6,7). The first-order valence-corrected chi connectivity index (χ1v) is 10.00. The third-order valence-corrected chi connectivity index (χ3v) is 3.67. The van der Waals surface area contributed by atoms with E-state index in [2.05, 4.69) is 10.3 Å². The van der Waals surface area contributed by atoms with Crippen molar-refractivity contribution in [3.05, 3.63) is 59.7 Å². The van der Waals surface area contributed by atoms with E-state index in [0.29, 0.717) is 35.7 Å². The Morgan fingerprint density at radius 1 is 0.872 bits per heavy atom. The Labute approximate surface area is 215 Å². The lowest BCUT2D eigenvalue weighted by molar-refractivity contribution is -0.193. The summed E-state index contributed by atoms with van der Waals surface area (Å²) in [6, 6.07) is 13.5. The number of carbonyl (C=O) groups is 3. The first-order chi connectivity index (χ1) is 17.8. The number of rotatable bonds is 7. The molecule has 0 saturated carbocycles. The monoisotopic (exact) mass is 568 g/mol. The van der Waals surface area contributed by atoms with Gasteiger partial charge >= 0.3 is 24.3 Å². The molecule has 2 rings (SSSR count). The number of aliphatic carboxylic acids is 2. The number of nitrogens with zero attached hydrogens (tertiary/aromatic N) is 1. The minimum atomic E-state index is -5.08. The summed E-state index contributed by atoms with van der Waals surface area (Å²) in [6.45, 7) is 0.623. The van der Waals surface area contributed by atoms with Crippen LogP contribution >= 0.6 is 0 Å². The summed E-state index contributed by atoms with van der Waals surface area (Å²) < 4.78 is 69.0. The second-order valence-corrected chi connectivity index (χ2v) is 6.74. The molecule has 0 atom stereocenters. The molecule has 39 heavy (non-hydrogen) atoms. The van der Waals surface area contributed by atoms with Gasteiger partial charge in [-0.05, 0) is 36.4 Å². The van der Waals surface area contributed by atoms with E-state index in [-0.39, 0.29) is 17.7 Å². The molecule has 0 radical (unpaired) electrons. The number of carboxylic acid groups (broad SMARTS) is 2. The zero-order valence-electron chi connectivity index (χ0n) is 19.5. The van der Waals surface area contributed by atoms with Gasteiger partial charge in [0, 0.05) is 11.1 Å². The number of carboxylic acids is 2. The average molecular weight is 568 g/mol. The predicted octanol–water partition coefficient (Wildman–Crippen LogP) is 1.95. The maximum absolute atomic E-state index is 12.0. The molecule has 2 aromatic carbocycles. The van der Waals surface area contributed by atoms with Crippen molar-refractivity contribution in [1.82, 2.24) is 5.32 Å². The number of nitrogens with two attached hydrogens (primary N) is 3. The SMILES string of the molecule is N=C(N)c1cccc(OCCNC(=O)c2ccc(N=C(N)N)cc2)c1.O=C(O)C(F)(F)F.O=C(O)C(F)(F)F. The van der Waals surface area contributed by atoms with Crippen molar-refractivity contribution in [3.8, 4) is 5.75 Å². The number of benzene rings is 2. The molecule has 0 bridgehead atoms. The molecule has 0 aliphatic rings. The number of amidine groups is 1. The van der Waals surface area contributed by atoms with Crippen LogP contribution in [0.2, 0.25) is 0 Å². The molecule has 0 fully saturated rings. The summed E-state index contributed by atoms with van der Waals surface area (Å²) in [7, 11) is 0. The van der Waals surface area contributed by atoms with Crippen LogP contribution in [0.5, 0.6) is 5.75 Å². The number of guanidine groups is 1. The number of halogens is 6. The van der Waals surface area contributed by atoms with Crippen molar-refractivity contribution < 1.29 is 55.7 Å².